The van der Waals surface area contributed by atoms with Gasteiger partial charge in [0.2, 0.25) is 0 Å². The molecule has 2 rings (SSSR count). The largest absolute Gasteiger partial charge is 0.304 e. The molecule has 1 saturated carbocycles. The van der Waals surface area contributed by atoms with Crippen LogP contribution in [0.2, 0.25) is 0 Å². The Morgan fingerprint density at radius 2 is 2.00 bits per heavy atom. The quantitative estimate of drug-likeness (QED) is 0.690. The van der Waals surface area contributed by atoms with Crippen molar-refractivity contribution in [2.24, 2.45) is 0 Å². The van der Waals surface area contributed by atoms with Crippen LogP contribution in [0.25, 0.3) is 0 Å². The fourth-order valence-corrected chi connectivity index (χ4v) is 1.46. The molecule has 0 spiro atoms. The molecule has 1 fully saturated rings. The summed E-state index contributed by atoms with van der Waals surface area (Å²) in [7, 11) is 0. The predicted molar refractivity (Wildman–Crippen MR) is 55.5 cm³/mol. The smallest absolute Gasteiger partial charge is 0.0505 e. The fourth-order valence-electron chi connectivity index (χ4n) is 1.46. The number of hydrogen-bond acceptors (Lipinski definition) is 1. The van der Waals surface area contributed by atoms with E-state index in [1.54, 1.807) is 0 Å². The summed E-state index contributed by atoms with van der Waals surface area (Å²) >= 11 is 0. The third-order valence-corrected chi connectivity index (χ3v) is 2.39. The van der Waals surface area contributed by atoms with Gasteiger partial charge in [0.1, 0.15) is 0 Å². The second-order valence-corrected chi connectivity index (χ2v) is 3.56. The molecular formula is C12H15N. The lowest BCUT2D eigenvalue weighted by Gasteiger charge is -2.14. The lowest BCUT2D eigenvalue weighted by molar-refractivity contribution is 0.617. The van der Waals surface area contributed by atoms with Crippen molar-refractivity contribution in [3.63, 3.8) is 0 Å². The van der Waals surface area contributed by atoms with Crippen LogP contribution in [-0.4, -0.2) is 6.04 Å². The molecule has 1 unspecified atom stereocenters. The minimum atomic E-state index is 0.327. The van der Waals surface area contributed by atoms with Crippen LogP contribution >= 0.6 is 0 Å². The van der Waals surface area contributed by atoms with Crippen molar-refractivity contribution in [2.45, 2.75) is 24.9 Å². The average molecular weight is 173 g/mol. The Bertz CT molecular complexity index is 274. The molecule has 0 radical (unpaired) electrons. The Balaban J connectivity index is 2.06. The van der Waals surface area contributed by atoms with Gasteiger partial charge >= 0.3 is 0 Å². The van der Waals surface area contributed by atoms with E-state index in [4.69, 9.17) is 0 Å². The van der Waals surface area contributed by atoms with Crippen LogP contribution in [0, 0.1) is 0 Å². The summed E-state index contributed by atoms with van der Waals surface area (Å²) in [6, 6.07) is 11.5. The Morgan fingerprint density at radius 3 is 2.54 bits per heavy atom. The van der Waals surface area contributed by atoms with E-state index in [2.05, 4.69) is 36.2 Å². The highest BCUT2D eigenvalue weighted by atomic mass is 15.0. The van der Waals surface area contributed by atoms with E-state index in [1.807, 2.05) is 12.1 Å². The fraction of sp³-hybridized carbons (Fsp3) is 0.333. The highest BCUT2D eigenvalue weighted by molar-refractivity contribution is 5.22. The Hall–Kier alpha value is -1.08. The molecule has 13 heavy (non-hydrogen) atoms. The van der Waals surface area contributed by atoms with E-state index in [0.717, 1.165) is 6.04 Å². The third kappa shape index (κ3) is 2.19. The van der Waals surface area contributed by atoms with Gasteiger partial charge in [-0.25, -0.2) is 0 Å². The maximum atomic E-state index is 3.86. The molecule has 0 aliphatic heterocycles. The number of rotatable bonds is 4. The first-order valence-electron chi connectivity index (χ1n) is 4.83. The van der Waals surface area contributed by atoms with Crippen LogP contribution in [0.15, 0.2) is 43.0 Å². The molecule has 1 aliphatic carbocycles. The molecule has 68 valence electrons. The monoisotopic (exact) mass is 173 g/mol. The summed E-state index contributed by atoms with van der Waals surface area (Å²) in [5.74, 6) is 0. The Labute approximate surface area is 79.5 Å². The SMILES string of the molecule is C=CC(NC1CC1)c1ccccc1. The van der Waals surface area contributed by atoms with Crippen molar-refractivity contribution in [3.8, 4) is 0 Å². The van der Waals surface area contributed by atoms with Crippen LogP contribution in [-0.2, 0) is 0 Å². The van der Waals surface area contributed by atoms with Gasteiger partial charge in [-0.3, -0.25) is 0 Å². The van der Waals surface area contributed by atoms with Gasteiger partial charge < -0.3 is 5.32 Å². The molecule has 1 aliphatic rings. The van der Waals surface area contributed by atoms with Gasteiger partial charge in [0.05, 0.1) is 6.04 Å². The summed E-state index contributed by atoms with van der Waals surface area (Å²) in [4.78, 5) is 0. The molecule has 0 heterocycles. The summed E-state index contributed by atoms with van der Waals surface area (Å²) in [5, 5.41) is 3.54. The summed E-state index contributed by atoms with van der Waals surface area (Å²) < 4.78 is 0. The number of nitrogens with one attached hydrogen (secondary N) is 1. The van der Waals surface area contributed by atoms with Gasteiger partial charge in [0.15, 0.2) is 0 Å². The van der Waals surface area contributed by atoms with Gasteiger partial charge in [-0.1, -0.05) is 36.4 Å². The minimum absolute atomic E-state index is 0.327. The molecule has 1 aromatic carbocycles. The molecule has 1 heteroatoms. The van der Waals surface area contributed by atoms with Crippen molar-refractivity contribution in [1.82, 2.24) is 5.32 Å². The van der Waals surface area contributed by atoms with Gasteiger partial charge in [0, 0.05) is 6.04 Å². The highest BCUT2D eigenvalue weighted by Crippen LogP contribution is 2.24. The van der Waals surface area contributed by atoms with E-state index in [9.17, 15) is 0 Å². The van der Waals surface area contributed by atoms with Crippen LogP contribution < -0.4 is 5.32 Å². The first-order chi connectivity index (χ1) is 6.40. The van der Waals surface area contributed by atoms with E-state index in [1.165, 1.54) is 18.4 Å². The van der Waals surface area contributed by atoms with Gasteiger partial charge in [-0.2, -0.15) is 0 Å². The summed E-state index contributed by atoms with van der Waals surface area (Å²) in [6.07, 6.45) is 4.61. The molecule has 1 atom stereocenters. The number of benzene rings is 1. The van der Waals surface area contributed by atoms with Crippen molar-refractivity contribution >= 4 is 0 Å². The third-order valence-electron chi connectivity index (χ3n) is 2.39. The second kappa shape index (κ2) is 3.75. The van der Waals surface area contributed by atoms with Crippen molar-refractivity contribution in [1.29, 1.82) is 0 Å². The molecular weight excluding hydrogens is 158 g/mol. The second-order valence-electron chi connectivity index (χ2n) is 3.56. The van der Waals surface area contributed by atoms with E-state index in [-0.39, 0.29) is 0 Å². The molecule has 0 amide bonds. The van der Waals surface area contributed by atoms with Gasteiger partial charge in [-0.05, 0) is 18.4 Å². The molecule has 0 saturated heterocycles. The van der Waals surface area contributed by atoms with E-state index >= 15 is 0 Å². The van der Waals surface area contributed by atoms with E-state index < -0.39 is 0 Å². The Kier molecular flexibility index (Phi) is 2.46. The average Bonchev–Trinajstić information content (AvgIpc) is 2.99. The molecule has 0 bridgehead atoms. The maximum Gasteiger partial charge on any atom is 0.0505 e. The zero-order valence-electron chi connectivity index (χ0n) is 7.74. The minimum Gasteiger partial charge on any atom is -0.304 e. The molecule has 1 nitrogen and oxygen atoms in total. The van der Waals surface area contributed by atoms with Crippen molar-refractivity contribution in [3.05, 3.63) is 48.6 Å². The predicted octanol–water partition coefficient (Wildman–Crippen LogP) is 2.67. The Morgan fingerprint density at radius 1 is 1.31 bits per heavy atom. The van der Waals surface area contributed by atoms with Gasteiger partial charge in [-0.15, -0.1) is 6.58 Å². The summed E-state index contributed by atoms with van der Waals surface area (Å²) in [6.45, 7) is 3.86. The van der Waals surface area contributed by atoms with Gasteiger partial charge in [0.25, 0.3) is 0 Å². The van der Waals surface area contributed by atoms with Crippen LogP contribution in [0.4, 0.5) is 0 Å². The standard InChI is InChI=1S/C12H15N/c1-2-12(13-11-8-9-11)10-6-4-3-5-7-10/h2-7,11-13H,1,8-9H2. The van der Waals surface area contributed by atoms with E-state index in [0.29, 0.717) is 6.04 Å². The summed E-state index contributed by atoms with van der Waals surface area (Å²) in [5.41, 5.74) is 1.31. The molecule has 0 aromatic heterocycles. The maximum absolute atomic E-state index is 3.86. The lowest BCUT2D eigenvalue weighted by atomic mass is 10.1. The highest BCUT2D eigenvalue weighted by Gasteiger charge is 2.23. The van der Waals surface area contributed by atoms with Crippen molar-refractivity contribution in [2.75, 3.05) is 0 Å². The molecule has 1 N–H and O–H groups in total. The van der Waals surface area contributed by atoms with Crippen LogP contribution in [0.5, 0.6) is 0 Å². The normalized spacial score (nSPS) is 18.2. The zero-order valence-corrected chi connectivity index (χ0v) is 7.74. The van der Waals surface area contributed by atoms with Crippen molar-refractivity contribution < 1.29 is 0 Å². The first kappa shape index (κ1) is 8.52. The first-order valence-corrected chi connectivity index (χ1v) is 4.83. The zero-order chi connectivity index (χ0) is 9.10. The van der Waals surface area contributed by atoms with Crippen LogP contribution in [0.1, 0.15) is 24.4 Å². The topological polar surface area (TPSA) is 12.0 Å². The molecule has 1 aromatic rings. The lowest BCUT2D eigenvalue weighted by Crippen LogP contribution is -2.21. The van der Waals surface area contributed by atoms with Crippen LogP contribution in [0.3, 0.4) is 0 Å². The number of hydrogen-bond donors (Lipinski definition) is 1.